The second-order valence-corrected chi connectivity index (χ2v) is 20.8. The van der Waals surface area contributed by atoms with Crippen molar-refractivity contribution < 1.29 is 39.7 Å². The lowest BCUT2D eigenvalue weighted by Gasteiger charge is -2.36. The maximum atomic E-state index is 13.1. The maximum Gasteiger partial charge on any atom is 0.534 e. The Balaban J connectivity index is 1.57. The van der Waals surface area contributed by atoms with Gasteiger partial charge in [0, 0.05) is 32.6 Å². The highest BCUT2D eigenvalue weighted by atomic mass is 32.2. The predicted octanol–water partition coefficient (Wildman–Crippen LogP) is 9.52. The summed E-state index contributed by atoms with van der Waals surface area (Å²) in [6, 6.07) is 16.8. The topological polar surface area (TPSA) is 82.1 Å². The molecule has 13 heteroatoms. The Morgan fingerprint density at radius 3 is 2.17 bits per heavy atom. The van der Waals surface area contributed by atoms with Gasteiger partial charge in [-0.25, -0.2) is 0 Å². The molecule has 1 aromatic heterocycles. The van der Waals surface area contributed by atoms with Crippen LogP contribution in [0.5, 0.6) is 17.2 Å². The molecule has 4 aromatic rings. The van der Waals surface area contributed by atoms with Crippen molar-refractivity contribution in [3.8, 4) is 38.8 Å². The van der Waals surface area contributed by atoms with Crippen molar-refractivity contribution in [3.05, 3.63) is 66.2 Å². The number of hydrogen-bond donors (Lipinski definition) is 0. The number of nitrogens with zero attached hydrogens (tertiary/aromatic N) is 1. The molecule has 1 aliphatic heterocycles. The molecule has 1 fully saturated rings. The lowest BCUT2D eigenvalue weighted by molar-refractivity contribution is -0.0500. The van der Waals surface area contributed by atoms with Gasteiger partial charge in [0.25, 0.3) is 0 Å². The average Bonchev–Trinajstić information content (AvgIpc) is 3.39. The molecule has 0 radical (unpaired) electrons. The molecule has 2 heterocycles. The number of ether oxygens (including phenoxy) is 1. The van der Waals surface area contributed by atoms with Crippen LogP contribution in [0.2, 0.25) is 18.1 Å². The van der Waals surface area contributed by atoms with E-state index in [-0.39, 0.29) is 5.04 Å². The molecule has 5 rings (SSSR count). The number of benzene rings is 3. The van der Waals surface area contributed by atoms with E-state index < -0.39 is 29.7 Å². The average molecular weight is 720 g/mol. The highest BCUT2D eigenvalue weighted by molar-refractivity contribution is 7.88. The summed E-state index contributed by atoms with van der Waals surface area (Å²) < 4.78 is 80.3. The van der Waals surface area contributed by atoms with Crippen LogP contribution >= 0.6 is 11.3 Å². The summed E-state index contributed by atoms with van der Waals surface area (Å²) in [6.45, 7) is 14.1. The highest BCUT2D eigenvalue weighted by Crippen LogP contribution is 2.48. The summed E-state index contributed by atoms with van der Waals surface area (Å²) in [5.74, 6) is 0.827. The SMILES string of the molecule is CC(C)(C)[Si](C)(C)Oc1ccc(-c2sc3cc(OS(=O)(=O)C(F)(F)F)ccc3c2-c2cc(OCCN3CCCCC3)ccc2C=O)cc1. The van der Waals surface area contributed by atoms with Gasteiger partial charge in [0.15, 0.2) is 6.29 Å². The summed E-state index contributed by atoms with van der Waals surface area (Å²) in [7, 11) is -7.97. The van der Waals surface area contributed by atoms with Crippen molar-refractivity contribution in [3.63, 3.8) is 0 Å². The summed E-state index contributed by atoms with van der Waals surface area (Å²) in [6.07, 6.45) is 4.33. The minimum atomic E-state index is -5.86. The third-order valence-electron chi connectivity index (χ3n) is 8.99. The van der Waals surface area contributed by atoms with Crippen LogP contribution in [0.25, 0.3) is 31.7 Å². The van der Waals surface area contributed by atoms with Gasteiger partial charge in [0.2, 0.25) is 8.32 Å². The number of thiophene rings is 1. The largest absolute Gasteiger partial charge is 0.544 e. The van der Waals surface area contributed by atoms with Crippen molar-refractivity contribution >= 4 is 46.1 Å². The molecular weight excluding hydrogens is 680 g/mol. The van der Waals surface area contributed by atoms with Crippen molar-refractivity contribution in [1.82, 2.24) is 4.90 Å². The van der Waals surface area contributed by atoms with Gasteiger partial charge in [0.05, 0.1) is 0 Å². The summed E-state index contributed by atoms with van der Waals surface area (Å²) in [5.41, 5.74) is -3.14. The Bertz CT molecular complexity index is 1880. The van der Waals surface area contributed by atoms with Crippen LogP contribution in [-0.4, -0.2) is 59.7 Å². The van der Waals surface area contributed by atoms with Gasteiger partial charge in [0.1, 0.15) is 23.9 Å². The monoisotopic (exact) mass is 719 g/mol. The Kier molecular flexibility index (Phi) is 10.4. The Labute approximate surface area is 284 Å². The van der Waals surface area contributed by atoms with Gasteiger partial charge < -0.3 is 13.3 Å². The molecule has 258 valence electrons. The summed E-state index contributed by atoms with van der Waals surface area (Å²) in [4.78, 5) is 15.4. The van der Waals surface area contributed by atoms with E-state index in [4.69, 9.17) is 9.16 Å². The summed E-state index contributed by atoms with van der Waals surface area (Å²) in [5, 5.41) is 0.609. The minimum absolute atomic E-state index is 0.00418. The molecule has 0 saturated carbocycles. The van der Waals surface area contributed by atoms with E-state index in [1.807, 2.05) is 24.3 Å². The number of fused-ring (bicyclic) bond motifs is 1. The van der Waals surface area contributed by atoms with E-state index in [0.717, 1.165) is 42.1 Å². The van der Waals surface area contributed by atoms with Crippen molar-refractivity contribution in [2.24, 2.45) is 0 Å². The molecule has 3 aromatic carbocycles. The fraction of sp³-hybridized carbons (Fsp3) is 0.400. The molecule has 1 saturated heterocycles. The number of hydrogen-bond acceptors (Lipinski definition) is 8. The number of aldehydes is 1. The number of alkyl halides is 3. The van der Waals surface area contributed by atoms with E-state index >= 15 is 0 Å². The molecular formula is C35H40F3NO6S2Si. The Morgan fingerprint density at radius 2 is 1.54 bits per heavy atom. The third kappa shape index (κ3) is 7.90. The lowest BCUT2D eigenvalue weighted by atomic mass is 9.95. The van der Waals surface area contributed by atoms with E-state index in [0.29, 0.717) is 39.1 Å². The molecule has 0 spiro atoms. The lowest BCUT2D eigenvalue weighted by Crippen LogP contribution is -2.43. The van der Waals surface area contributed by atoms with Crippen LogP contribution in [0, 0.1) is 0 Å². The molecule has 1 aliphatic rings. The highest BCUT2D eigenvalue weighted by Gasteiger charge is 2.48. The standard InChI is InChI=1S/C35H40F3NO6S2Si/c1-34(2,3)48(4,5)45-26-12-9-24(10-13-26)33-32(29-16-15-28(22-31(29)46-33)44-47(41,42)35(36,37)38)30-21-27(14-11-25(30)23-40)43-20-19-39-17-7-6-8-18-39/h9-16,21-23H,6-8,17-20H2,1-5H3. The zero-order valence-electron chi connectivity index (χ0n) is 27.6. The van der Waals surface area contributed by atoms with Crippen LogP contribution in [0.15, 0.2) is 60.7 Å². The number of carbonyl (C=O) groups excluding carboxylic acids is 1. The number of carbonyl (C=O) groups is 1. The maximum absolute atomic E-state index is 13.1. The fourth-order valence-electron chi connectivity index (χ4n) is 5.32. The van der Waals surface area contributed by atoms with Crippen LogP contribution in [0.1, 0.15) is 50.4 Å². The van der Waals surface area contributed by atoms with Gasteiger partial charge in [-0.3, -0.25) is 9.69 Å². The van der Waals surface area contributed by atoms with Crippen molar-refractivity contribution in [1.29, 1.82) is 0 Å². The molecule has 0 atom stereocenters. The molecule has 0 bridgehead atoms. The number of piperidine rings is 1. The fourth-order valence-corrected chi connectivity index (χ4v) is 8.05. The molecule has 48 heavy (non-hydrogen) atoms. The van der Waals surface area contributed by atoms with Crippen molar-refractivity contribution in [2.45, 2.75) is 63.7 Å². The van der Waals surface area contributed by atoms with E-state index in [1.54, 1.807) is 18.2 Å². The van der Waals surface area contributed by atoms with Crippen LogP contribution in [0.4, 0.5) is 13.2 Å². The second kappa shape index (κ2) is 13.8. The van der Waals surface area contributed by atoms with Gasteiger partial charge in [-0.15, -0.1) is 11.3 Å². The minimum Gasteiger partial charge on any atom is -0.544 e. The van der Waals surface area contributed by atoms with Crippen molar-refractivity contribution in [2.75, 3.05) is 26.2 Å². The molecule has 0 unspecified atom stereocenters. The third-order valence-corrected chi connectivity index (χ3v) is 15.5. The number of halogens is 3. The molecule has 0 aliphatic carbocycles. The van der Waals surface area contributed by atoms with E-state index in [9.17, 15) is 26.4 Å². The summed E-state index contributed by atoms with van der Waals surface area (Å²) >= 11 is 1.25. The second-order valence-electron chi connectivity index (χ2n) is 13.5. The van der Waals surface area contributed by atoms with Crippen LogP contribution in [-0.2, 0) is 10.1 Å². The van der Waals surface area contributed by atoms with Gasteiger partial charge in [-0.05, 0) is 116 Å². The predicted molar refractivity (Wildman–Crippen MR) is 187 cm³/mol. The normalized spacial score (nSPS) is 15.0. The zero-order chi connectivity index (χ0) is 34.9. The first kappa shape index (κ1) is 35.9. The van der Waals surface area contributed by atoms with E-state index in [2.05, 4.69) is 42.9 Å². The Morgan fingerprint density at radius 1 is 0.896 bits per heavy atom. The van der Waals surface area contributed by atoms with Gasteiger partial charge in [-0.2, -0.15) is 21.6 Å². The van der Waals surface area contributed by atoms with Gasteiger partial charge in [-0.1, -0.05) is 27.2 Å². The molecule has 0 N–H and O–H groups in total. The molecule has 7 nitrogen and oxygen atoms in total. The Hall–Kier alpha value is -3.39. The smallest absolute Gasteiger partial charge is 0.534 e. The first-order valence-corrected chi connectivity index (χ1v) is 20.9. The first-order chi connectivity index (χ1) is 22.5. The quantitative estimate of drug-likeness (QED) is 0.0661. The van der Waals surface area contributed by atoms with Crippen LogP contribution < -0.4 is 13.3 Å². The zero-order valence-corrected chi connectivity index (χ0v) is 30.3. The number of rotatable bonds is 11. The number of likely N-dealkylation sites (tertiary alicyclic amines) is 1. The van der Waals surface area contributed by atoms with E-state index in [1.165, 1.54) is 48.8 Å². The van der Waals surface area contributed by atoms with Gasteiger partial charge >= 0.3 is 15.6 Å². The first-order valence-electron chi connectivity index (χ1n) is 15.8. The molecule has 0 amide bonds. The van der Waals surface area contributed by atoms with Crippen LogP contribution in [0.3, 0.4) is 0 Å².